The van der Waals surface area contributed by atoms with Crippen molar-refractivity contribution in [2.45, 2.75) is 51.0 Å². The largest absolute Gasteiger partial charge is 0.492 e. The molecule has 2 nitrogen and oxygen atoms in total. The summed E-state index contributed by atoms with van der Waals surface area (Å²) in [7, 11) is 2.13. The summed E-state index contributed by atoms with van der Waals surface area (Å²) in [6.45, 7) is 5.38. The minimum atomic E-state index is 0.153. The van der Waals surface area contributed by atoms with Crippen molar-refractivity contribution in [1.29, 1.82) is 0 Å². The first-order valence-corrected chi connectivity index (χ1v) is 8.56. The topological polar surface area (TPSA) is 21.3 Å². The Balaban J connectivity index is 1.63. The molecule has 2 saturated carbocycles. The zero-order valence-electron chi connectivity index (χ0n) is 13.5. The lowest BCUT2D eigenvalue weighted by Crippen LogP contribution is -2.21. The Labute approximate surface area is 128 Å². The summed E-state index contributed by atoms with van der Waals surface area (Å²) in [5, 5.41) is 3.61. The van der Waals surface area contributed by atoms with Crippen LogP contribution in [0.1, 0.15) is 56.7 Å². The molecular formula is C19H27NO. The number of benzene rings is 1. The predicted molar refractivity (Wildman–Crippen MR) is 85.7 cm³/mol. The smallest absolute Gasteiger partial charge is 0.123 e. The summed E-state index contributed by atoms with van der Waals surface area (Å²) in [6.07, 6.45) is 5.79. The molecule has 0 saturated heterocycles. The van der Waals surface area contributed by atoms with E-state index in [2.05, 4.69) is 44.4 Å². The normalized spacial score (nSPS) is 33.8. The Morgan fingerprint density at radius 3 is 2.57 bits per heavy atom. The molecule has 1 aromatic carbocycles. The highest BCUT2D eigenvalue weighted by Crippen LogP contribution is 2.60. The monoisotopic (exact) mass is 285 g/mol. The fourth-order valence-corrected chi connectivity index (χ4v) is 4.86. The molecule has 2 fully saturated rings. The third kappa shape index (κ3) is 2.11. The van der Waals surface area contributed by atoms with Crippen LogP contribution in [0.15, 0.2) is 18.2 Å². The van der Waals surface area contributed by atoms with E-state index >= 15 is 0 Å². The van der Waals surface area contributed by atoms with E-state index < -0.39 is 0 Å². The fourth-order valence-electron chi connectivity index (χ4n) is 4.86. The molecule has 1 aromatic rings. The predicted octanol–water partition coefficient (Wildman–Crippen LogP) is 4.05. The molecule has 3 unspecified atom stereocenters. The van der Waals surface area contributed by atoms with Crippen LogP contribution in [0, 0.1) is 17.8 Å². The number of ether oxygens (including phenoxy) is 1. The Hall–Kier alpha value is -1.02. The molecular weight excluding hydrogens is 258 g/mol. The van der Waals surface area contributed by atoms with Gasteiger partial charge in [0.15, 0.2) is 0 Å². The van der Waals surface area contributed by atoms with Gasteiger partial charge in [0, 0.05) is 17.0 Å². The Morgan fingerprint density at radius 1 is 1.19 bits per heavy atom. The van der Waals surface area contributed by atoms with Crippen LogP contribution in [0.4, 0.5) is 0 Å². The van der Waals surface area contributed by atoms with Crippen LogP contribution in [-0.4, -0.2) is 13.7 Å². The Morgan fingerprint density at radius 2 is 1.90 bits per heavy atom. The quantitative estimate of drug-likeness (QED) is 0.904. The zero-order chi connectivity index (χ0) is 14.6. The van der Waals surface area contributed by atoms with Gasteiger partial charge in [-0.3, -0.25) is 0 Å². The molecule has 0 aromatic heterocycles. The highest BCUT2D eigenvalue weighted by Gasteiger charge is 2.54. The zero-order valence-corrected chi connectivity index (χ0v) is 13.5. The second kappa shape index (κ2) is 4.74. The average molecular weight is 285 g/mol. The number of rotatable bonds is 3. The molecule has 0 radical (unpaired) electrons. The van der Waals surface area contributed by atoms with E-state index in [0.717, 1.165) is 30.1 Å². The van der Waals surface area contributed by atoms with E-state index in [9.17, 15) is 0 Å². The van der Waals surface area contributed by atoms with E-state index in [0.29, 0.717) is 6.04 Å². The van der Waals surface area contributed by atoms with Gasteiger partial charge < -0.3 is 10.1 Å². The van der Waals surface area contributed by atoms with Crippen molar-refractivity contribution in [2.24, 2.45) is 17.8 Å². The van der Waals surface area contributed by atoms with Gasteiger partial charge >= 0.3 is 0 Å². The first-order valence-electron chi connectivity index (χ1n) is 8.56. The summed E-state index contributed by atoms with van der Waals surface area (Å²) >= 11 is 0. The molecule has 2 heteroatoms. The average Bonchev–Trinajstić information content (AvgIpc) is 3.12. The molecule has 4 rings (SSSR count). The summed E-state index contributed by atoms with van der Waals surface area (Å²) < 4.78 is 5.83. The van der Waals surface area contributed by atoms with Gasteiger partial charge in [-0.25, -0.2) is 0 Å². The molecule has 21 heavy (non-hydrogen) atoms. The molecule has 1 aliphatic heterocycles. The number of nitrogens with one attached hydrogen (secondary N) is 1. The van der Waals surface area contributed by atoms with Crippen molar-refractivity contribution < 1.29 is 4.74 Å². The van der Waals surface area contributed by atoms with Gasteiger partial charge in [-0.05, 0) is 55.3 Å². The minimum absolute atomic E-state index is 0.153. The van der Waals surface area contributed by atoms with Crippen molar-refractivity contribution >= 4 is 0 Å². The van der Waals surface area contributed by atoms with E-state index in [4.69, 9.17) is 4.74 Å². The number of hydrogen-bond acceptors (Lipinski definition) is 2. The molecule has 0 bridgehead atoms. The summed E-state index contributed by atoms with van der Waals surface area (Å²) in [6, 6.07) is 7.41. The van der Waals surface area contributed by atoms with Crippen LogP contribution in [0.2, 0.25) is 0 Å². The fraction of sp³-hybridized carbons (Fsp3) is 0.684. The van der Waals surface area contributed by atoms with Gasteiger partial charge in [-0.1, -0.05) is 32.8 Å². The van der Waals surface area contributed by atoms with E-state index in [-0.39, 0.29) is 5.41 Å². The summed E-state index contributed by atoms with van der Waals surface area (Å²) in [4.78, 5) is 0. The van der Waals surface area contributed by atoms with Gasteiger partial charge in [0.1, 0.15) is 5.75 Å². The molecule has 1 N–H and O–H groups in total. The first-order chi connectivity index (χ1) is 10.1. The number of fused-ring (bicyclic) bond motifs is 2. The van der Waals surface area contributed by atoms with E-state index in [1.165, 1.54) is 36.8 Å². The Kier molecular flexibility index (Phi) is 3.08. The van der Waals surface area contributed by atoms with Crippen LogP contribution < -0.4 is 10.1 Å². The van der Waals surface area contributed by atoms with Crippen LogP contribution >= 0.6 is 0 Å². The second-order valence-corrected chi connectivity index (χ2v) is 7.88. The molecule has 0 amide bonds. The van der Waals surface area contributed by atoms with Gasteiger partial charge in [0.25, 0.3) is 0 Å². The molecule has 2 aliphatic carbocycles. The van der Waals surface area contributed by atoms with Gasteiger partial charge in [0.2, 0.25) is 0 Å². The van der Waals surface area contributed by atoms with E-state index in [1.807, 2.05) is 0 Å². The summed E-state index contributed by atoms with van der Waals surface area (Å²) in [5.41, 5.74) is 3.01. The van der Waals surface area contributed by atoms with Gasteiger partial charge in [-0.15, -0.1) is 0 Å². The third-order valence-corrected chi connectivity index (χ3v) is 6.10. The van der Waals surface area contributed by atoms with Crippen molar-refractivity contribution in [1.82, 2.24) is 5.32 Å². The standard InChI is InChI=1S/C19H27NO/c1-19(2)11-21-16-9-8-12(10-15(16)19)18(20-3)17-13-6-4-5-7-14(13)17/h8-10,13-14,17-18,20H,4-7,11H2,1-3H3. The highest BCUT2D eigenvalue weighted by molar-refractivity contribution is 5.46. The Bertz CT molecular complexity index is 538. The molecule has 114 valence electrons. The number of hydrogen-bond donors (Lipinski definition) is 1. The van der Waals surface area contributed by atoms with Crippen molar-refractivity contribution in [3.8, 4) is 5.75 Å². The van der Waals surface area contributed by atoms with Gasteiger partial charge in [-0.2, -0.15) is 0 Å². The molecule has 3 atom stereocenters. The van der Waals surface area contributed by atoms with Crippen LogP contribution in [-0.2, 0) is 5.41 Å². The van der Waals surface area contributed by atoms with Crippen molar-refractivity contribution in [3.05, 3.63) is 29.3 Å². The van der Waals surface area contributed by atoms with Crippen molar-refractivity contribution in [3.63, 3.8) is 0 Å². The summed E-state index contributed by atoms with van der Waals surface area (Å²) in [5.74, 6) is 3.91. The lowest BCUT2D eigenvalue weighted by Gasteiger charge is -2.21. The maximum absolute atomic E-state index is 5.83. The van der Waals surface area contributed by atoms with Crippen LogP contribution in [0.5, 0.6) is 5.75 Å². The lowest BCUT2D eigenvalue weighted by atomic mass is 9.85. The molecule has 1 heterocycles. The third-order valence-electron chi connectivity index (χ3n) is 6.10. The molecule has 0 spiro atoms. The van der Waals surface area contributed by atoms with Crippen molar-refractivity contribution in [2.75, 3.05) is 13.7 Å². The SMILES string of the molecule is CNC(c1ccc2c(c1)C(C)(C)CO2)C1C2CCCCC21. The van der Waals surface area contributed by atoms with E-state index in [1.54, 1.807) is 0 Å². The lowest BCUT2D eigenvalue weighted by molar-refractivity contribution is 0.291. The van der Waals surface area contributed by atoms with Gasteiger partial charge in [0.05, 0.1) is 6.61 Å². The maximum atomic E-state index is 5.83. The van der Waals surface area contributed by atoms with Crippen LogP contribution in [0.3, 0.4) is 0 Å². The van der Waals surface area contributed by atoms with Crippen LogP contribution in [0.25, 0.3) is 0 Å². The first kappa shape index (κ1) is 13.6. The maximum Gasteiger partial charge on any atom is 0.123 e. The highest BCUT2D eigenvalue weighted by atomic mass is 16.5. The second-order valence-electron chi connectivity index (χ2n) is 7.88. The molecule has 3 aliphatic rings. The minimum Gasteiger partial charge on any atom is -0.492 e.